The number of aliphatic imine (C=N–C) groups is 1. The summed E-state index contributed by atoms with van der Waals surface area (Å²) in [4.78, 5) is 28.7. The minimum absolute atomic E-state index is 0. The van der Waals surface area contributed by atoms with Crippen LogP contribution in [0.3, 0.4) is 0 Å². The molecule has 1 atom stereocenters. The Morgan fingerprint density at radius 3 is 2.79 bits per heavy atom. The van der Waals surface area contributed by atoms with Gasteiger partial charge in [-0.2, -0.15) is 0 Å². The molecule has 2 amide bonds. The van der Waals surface area contributed by atoms with Gasteiger partial charge in [0.15, 0.2) is 11.7 Å². The molecule has 0 radical (unpaired) electrons. The maximum atomic E-state index is 11.7. The summed E-state index contributed by atoms with van der Waals surface area (Å²) >= 11 is 0. The zero-order valence-electron chi connectivity index (χ0n) is 13.9. The number of rotatable bonds is 5. The van der Waals surface area contributed by atoms with Crippen molar-refractivity contribution in [1.82, 2.24) is 15.5 Å². The van der Waals surface area contributed by atoms with Gasteiger partial charge in [0.05, 0.1) is 6.54 Å². The van der Waals surface area contributed by atoms with Gasteiger partial charge < -0.3 is 25.7 Å². The molecular weight excluding hydrogens is 425 g/mol. The summed E-state index contributed by atoms with van der Waals surface area (Å²) in [5.41, 5.74) is 5.15. The van der Waals surface area contributed by atoms with Crippen molar-refractivity contribution in [2.24, 2.45) is 10.7 Å². The molecule has 4 N–H and O–H groups in total. The Labute approximate surface area is 158 Å². The van der Waals surface area contributed by atoms with Crippen molar-refractivity contribution in [3.63, 3.8) is 0 Å². The molecule has 1 saturated heterocycles. The van der Waals surface area contributed by atoms with Gasteiger partial charge in [-0.1, -0.05) is 6.92 Å². The van der Waals surface area contributed by atoms with E-state index in [9.17, 15) is 9.59 Å². The highest BCUT2D eigenvalue weighted by Gasteiger charge is 2.25. The Bertz CT molecular complexity index is 602. The molecule has 0 aliphatic carbocycles. The molecular formula is C15H24IN5O3. The van der Waals surface area contributed by atoms with Gasteiger partial charge in [0.2, 0.25) is 5.91 Å². The van der Waals surface area contributed by atoms with E-state index >= 15 is 0 Å². The number of nitrogens with two attached hydrogens (primary N) is 1. The number of primary amides is 1. The minimum Gasteiger partial charge on any atom is -0.454 e. The molecule has 0 spiro atoms. The maximum Gasteiger partial charge on any atom is 0.284 e. The monoisotopic (exact) mass is 449 g/mol. The Morgan fingerprint density at radius 1 is 1.46 bits per heavy atom. The van der Waals surface area contributed by atoms with Crippen LogP contribution in [0.4, 0.5) is 0 Å². The smallest absolute Gasteiger partial charge is 0.284 e. The van der Waals surface area contributed by atoms with Crippen molar-refractivity contribution in [3.8, 4) is 0 Å². The van der Waals surface area contributed by atoms with Crippen LogP contribution >= 0.6 is 24.0 Å². The molecule has 0 bridgehead atoms. The summed E-state index contributed by atoms with van der Waals surface area (Å²) in [6.45, 7) is 3.70. The first kappa shape index (κ1) is 20.3. The van der Waals surface area contributed by atoms with Gasteiger partial charge in [-0.05, 0) is 18.6 Å². The fourth-order valence-corrected chi connectivity index (χ4v) is 2.49. The second-order valence-corrected chi connectivity index (χ2v) is 5.38. The van der Waals surface area contributed by atoms with Gasteiger partial charge in [0, 0.05) is 32.6 Å². The van der Waals surface area contributed by atoms with E-state index in [0.29, 0.717) is 31.2 Å². The zero-order chi connectivity index (χ0) is 16.8. The van der Waals surface area contributed by atoms with Crippen LogP contribution in [0.5, 0.6) is 0 Å². The third-order valence-corrected chi connectivity index (χ3v) is 3.74. The normalized spacial score (nSPS) is 17.3. The topological polar surface area (TPSA) is 113 Å². The SMILES string of the molecule is CCC(=O)N1CCC(NC(=NC)NCc2ccc(C(N)=O)o2)C1.I. The lowest BCUT2D eigenvalue weighted by molar-refractivity contribution is -0.129. The van der Waals surface area contributed by atoms with Crippen LogP contribution in [-0.4, -0.2) is 48.9 Å². The highest BCUT2D eigenvalue weighted by atomic mass is 127. The number of halogens is 1. The minimum atomic E-state index is -0.592. The number of nitrogens with one attached hydrogen (secondary N) is 2. The largest absolute Gasteiger partial charge is 0.454 e. The van der Waals surface area contributed by atoms with Crippen LogP contribution in [0.1, 0.15) is 36.1 Å². The van der Waals surface area contributed by atoms with Crippen LogP contribution in [0.2, 0.25) is 0 Å². The molecule has 1 fully saturated rings. The van der Waals surface area contributed by atoms with Crippen LogP contribution in [0, 0.1) is 0 Å². The van der Waals surface area contributed by atoms with Gasteiger partial charge >= 0.3 is 0 Å². The fraction of sp³-hybridized carbons (Fsp3) is 0.533. The van der Waals surface area contributed by atoms with Crippen LogP contribution in [0.15, 0.2) is 21.5 Å². The number of furan rings is 1. The first-order valence-electron chi connectivity index (χ1n) is 7.67. The van der Waals surface area contributed by atoms with E-state index in [4.69, 9.17) is 10.2 Å². The van der Waals surface area contributed by atoms with Crippen molar-refractivity contribution in [3.05, 3.63) is 23.7 Å². The Balaban J connectivity index is 0.00000288. The third kappa shape index (κ3) is 5.39. The van der Waals surface area contributed by atoms with E-state index in [1.807, 2.05) is 11.8 Å². The molecule has 1 unspecified atom stereocenters. The summed E-state index contributed by atoms with van der Waals surface area (Å²) in [5.74, 6) is 0.931. The molecule has 1 aliphatic heterocycles. The van der Waals surface area contributed by atoms with Crippen LogP contribution in [-0.2, 0) is 11.3 Å². The predicted octanol–water partition coefficient (Wildman–Crippen LogP) is 0.672. The number of carbonyl (C=O) groups excluding carboxylic acids is 2. The second-order valence-electron chi connectivity index (χ2n) is 5.38. The number of hydrogen-bond acceptors (Lipinski definition) is 4. The Morgan fingerprint density at radius 2 is 2.21 bits per heavy atom. The first-order valence-corrected chi connectivity index (χ1v) is 7.67. The molecule has 1 aromatic rings. The summed E-state index contributed by atoms with van der Waals surface area (Å²) in [5, 5.41) is 6.40. The first-order chi connectivity index (χ1) is 11.0. The lowest BCUT2D eigenvalue weighted by Crippen LogP contribution is -2.44. The molecule has 8 nitrogen and oxygen atoms in total. The summed E-state index contributed by atoms with van der Waals surface area (Å²) < 4.78 is 5.30. The van der Waals surface area contributed by atoms with Crippen molar-refractivity contribution >= 4 is 41.8 Å². The molecule has 24 heavy (non-hydrogen) atoms. The van der Waals surface area contributed by atoms with Crippen LogP contribution in [0.25, 0.3) is 0 Å². The molecule has 134 valence electrons. The molecule has 0 saturated carbocycles. The van der Waals surface area contributed by atoms with Gasteiger partial charge in [-0.3, -0.25) is 14.6 Å². The second kappa shape index (κ2) is 9.50. The number of nitrogens with zero attached hydrogens (tertiary/aromatic N) is 2. The van der Waals surface area contributed by atoms with Gasteiger partial charge in [-0.15, -0.1) is 24.0 Å². The van der Waals surface area contributed by atoms with Gasteiger partial charge in [-0.25, -0.2) is 0 Å². The highest BCUT2D eigenvalue weighted by molar-refractivity contribution is 14.0. The molecule has 2 rings (SSSR count). The Hall–Kier alpha value is -1.78. The molecule has 1 aliphatic rings. The van der Waals surface area contributed by atoms with E-state index in [2.05, 4.69) is 15.6 Å². The number of likely N-dealkylation sites (tertiary alicyclic amines) is 1. The number of carbonyl (C=O) groups is 2. The predicted molar refractivity (Wildman–Crippen MR) is 101 cm³/mol. The lowest BCUT2D eigenvalue weighted by atomic mass is 10.3. The highest BCUT2D eigenvalue weighted by Crippen LogP contribution is 2.10. The van der Waals surface area contributed by atoms with E-state index < -0.39 is 5.91 Å². The van der Waals surface area contributed by atoms with Crippen molar-refractivity contribution in [1.29, 1.82) is 0 Å². The fourth-order valence-electron chi connectivity index (χ4n) is 2.49. The van der Waals surface area contributed by atoms with E-state index in [1.54, 1.807) is 19.2 Å². The lowest BCUT2D eigenvalue weighted by Gasteiger charge is -2.18. The van der Waals surface area contributed by atoms with E-state index in [0.717, 1.165) is 13.0 Å². The average molecular weight is 449 g/mol. The van der Waals surface area contributed by atoms with Crippen molar-refractivity contribution in [2.75, 3.05) is 20.1 Å². The average Bonchev–Trinajstić information content (AvgIpc) is 3.19. The Kier molecular flexibility index (Phi) is 8.02. The van der Waals surface area contributed by atoms with E-state index in [1.165, 1.54) is 0 Å². The maximum absolute atomic E-state index is 11.7. The van der Waals surface area contributed by atoms with E-state index in [-0.39, 0.29) is 41.7 Å². The summed E-state index contributed by atoms with van der Waals surface area (Å²) in [6, 6.07) is 3.41. The van der Waals surface area contributed by atoms with Crippen LogP contribution < -0.4 is 16.4 Å². The van der Waals surface area contributed by atoms with Crippen molar-refractivity contribution < 1.29 is 14.0 Å². The summed E-state index contributed by atoms with van der Waals surface area (Å²) in [6.07, 6.45) is 1.42. The van der Waals surface area contributed by atoms with Crippen molar-refractivity contribution in [2.45, 2.75) is 32.4 Å². The number of amides is 2. The molecule has 9 heteroatoms. The standard InChI is InChI=1S/C15H23N5O3.HI/c1-3-13(21)20-7-6-10(9-20)19-15(17-2)18-8-11-4-5-12(23-11)14(16)22;/h4-5,10H,3,6-9H2,1-2H3,(H2,16,22)(H2,17,18,19);1H. The third-order valence-electron chi connectivity index (χ3n) is 3.74. The number of guanidine groups is 1. The zero-order valence-corrected chi connectivity index (χ0v) is 16.2. The number of hydrogen-bond donors (Lipinski definition) is 3. The van der Waals surface area contributed by atoms with Gasteiger partial charge in [0.25, 0.3) is 5.91 Å². The molecule has 2 heterocycles. The molecule has 0 aromatic carbocycles. The summed E-state index contributed by atoms with van der Waals surface area (Å²) in [7, 11) is 1.68. The van der Waals surface area contributed by atoms with Gasteiger partial charge in [0.1, 0.15) is 5.76 Å². The molecule has 1 aromatic heterocycles. The quantitative estimate of drug-likeness (QED) is 0.348.